The van der Waals surface area contributed by atoms with Crippen molar-refractivity contribution in [3.8, 4) is 52.4 Å². The molecule has 0 saturated carbocycles. The molecule has 8 aromatic rings. The minimum atomic E-state index is -4.68. The molecule has 0 spiro atoms. The molecule has 3 saturated heterocycles. The number of carbonyl (C=O) groups is 2. The van der Waals surface area contributed by atoms with Gasteiger partial charge in [0, 0.05) is 54.3 Å². The number of aldehydes is 2. The molecule has 566 valence electrons. The van der Waals surface area contributed by atoms with Crippen molar-refractivity contribution < 1.29 is 174 Å². The van der Waals surface area contributed by atoms with E-state index in [9.17, 15) is 58.6 Å². The first-order valence-corrected chi connectivity index (χ1v) is 31.3. The van der Waals surface area contributed by atoms with Crippen LogP contribution in [0.5, 0.6) is 40.2 Å². The van der Waals surface area contributed by atoms with Crippen LogP contribution in [0.2, 0.25) is 0 Å². The Bertz CT molecular complexity index is 4070. The predicted octanol–water partition coefficient (Wildman–Crippen LogP) is 12.4. The number of carbonyl (C=O) groups excluding carboxylic acids is 2. The summed E-state index contributed by atoms with van der Waals surface area (Å²) in [6, 6.07) is 45.6. The molecule has 108 heavy (non-hydrogen) atoms. The van der Waals surface area contributed by atoms with Crippen LogP contribution in [0.1, 0.15) is 141 Å². The zero-order valence-corrected chi connectivity index (χ0v) is 61.9. The van der Waals surface area contributed by atoms with Crippen molar-refractivity contribution in [1.29, 1.82) is 10.5 Å². The zero-order valence-electron chi connectivity index (χ0n) is 59.9. The Morgan fingerprint density at radius 3 is 1.22 bits per heavy atom. The van der Waals surface area contributed by atoms with Crippen LogP contribution in [0.4, 0.5) is 49.6 Å². The number of nitriles is 2. The van der Waals surface area contributed by atoms with Crippen molar-refractivity contribution in [2.45, 2.75) is 130 Å². The predicted molar refractivity (Wildman–Crippen MR) is 379 cm³/mol. The van der Waals surface area contributed by atoms with E-state index in [4.69, 9.17) is 70.3 Å². The third kappa shape index (κ3) is 37.0. The van der Waals surface area contributed by atoms with Gasteiger partial charge in [0.2, 0.25) is 0 Å². The van der Waals surface area contributed by atoms with Crippen LogP contribution in [-0.2, 0) is 52.6 Å². The molecular formula is C77H81B2F10N3Na2O14. The molecular weight excluding hydrogens is 1450 g/mol. The molecule has 0 bridgehead atoms. The van der Waals surface area contributed by atoms with Crippen molar-refractivity contribution in [3.63, 3.8) is 0 Å². The van der Waals surface area contributed by atoms with E-state index in [0.717, 1.165) is 138 Å². The zero-order chi connectivity index (χ0) is 74.5. The van der Waals surface area contributed by atoms with E-state index in [2.05, 4.69) is 4.85 Å². The summed E-state index contributed by atoms with van der Waals surface area (Å²) in [5.41, 5.74) is -1.38. The van der Waals surface area contributed by atoms with Crippen LogP contribution in [0, 0.1) is 35.1 Å². The summed E-state index contributed by atoms with van der Waals surface area (Å²) < 4.78 is 170. The Hall–Kier alpha value is -8.60. The van der Waals surface area contributed by atoms with E-state index in [1.807, 2.05) is 36.4 Å². The number of phenolic OH excluding ortho intramolecular Hbond substituents is 2. The number of benzene rings is 8. The van der Waals surface area contributed by atoms with E-state index < -0.39 is 57.9 Å². The average molecular weight is 1530 g/mol. The molecule has 3 aliphatic rings. The minimum Gasteiger partial charge on any atom is -1.00 e. The van der Waals surface area contributed by atoms with Gasteiger partial charge < -0.3 is 61.2 Å². The number of hydrogen-bond acceptors (Lipinski definition) is 16. The second-order valence-electron chi connectivity index (χ2n) is 21.8. The number of ether oxygens (including phenoxy) is 8. The number of aromatic hydroxyl groups is 2. The van der Waals surface area contributed by atoms with Crippen LogP contribution in [0.25, 0.3) is 4.85 Å². The Labute approximate surface area is 672 Å². The molecule has 0 amide bonds. The van der Waals surface area contributed by atoms with Gasteiger partial charge in [0.25, 0.3) is 0 Å². The van der Waals surface area contributed by atoms with E-state index in [1.54, 1.807) is 66.7 Å². The number of phenols is 2. The number of nitrogens with zero attached hydrogens (tertiary/aromatic N) is 3. The van der Waals surface area contributed by atoms with Crippen LogP contribution in [0.15, 0.2) is 176 Å². The molecule has 31 heteroatoms. The first-order chi connectivity index (χ1) is 48.9. The first-order valence-electron chi connectivity index (χ1n) is 31.3. The van der Waals surface area contributed by atoms with E-state index in [1.165, 1.54) is 42.5 Å². The van der Waals surface area contributed by atoms with Gasteiger partial charge in [-0.1, -0.05) is 81.6 Å². The third-order valence-electron chi connectivity index (χ3n) is 14.1. The average Bonchev–Trinajstić information content (AvgIpc) is 0.828. The number of hydrogen-bond donors (Lipinski definition) is 4. The summed E-state index contributed by atoms with van der Waals surface area (Å²) >= 11 is 0. The van der Waals surface area contributed by atoms with Crippen LogP contribution in [-0.4, -0.2) is 95.6 Å². The van der Waals surface area contributed by atoms with Crippen molar-refractivity contribution >= 4 is 35.1 Å². The molecule has 17 nitrogen and oxygen atoms in total. The summed E-state index contributed by atoms with van der Waals surface area (Å²) in [6.45, 7) is 8.79. The molecule has 0 aliphatic carbocycles. The van der Waals surface area contributed by atoms with Gasteiger partial charge in [-0.3, -0.25) is 9.59 Å². The van der Waals surface area contributed by atoms with Crippen molar-refractivity contribution in [2.75, 3.05) is 26.9 Å². The second-order valence-corrected chi connectivity index (χ2v) is 21.8. The minimum absolute atomic E-state index is 0. The van der Waals surface area contributed by atoms with Gasteiger partial charge in [-0.05, 0) is 164 Å². The van der Waals surface area contributed by atoms with Crippen molar-refractivity contribution in [3.05, 3.63) is 249 Å². The van der Waals surface area contributed by atoms with E-state index >= 15 is 0 Å². The number of rotatable bonds is 15. The fourth-order valence-corrected chi connectivity index (χ4v) is 9.26. The van der Waals surface area contributed by atoms with Gasteiger partial charge in [-0.2, -0.15) is 50.0 Å². The molecule has 3 fully saturated rings. The van der Waals surface area contributed by atoms with Crippen LogP contribution >= 0.6 is 0 Å². The maximum atomic E-state index is 13.0. The SMILES string of the molecule is C.C.CO.N#Cc1ccc(OCc2cccc(O)c2)cc1C(F)(F)F.N#Cc1ccc(OCc2cccc(OC3CCCCO3)c2)cc1C(F)(F)F.O=Cc1cccc(O)c1.O=Cc1cccc(OC2CCCCO2)c1.OCc1cccc(OC2CCCCO2)c1.[B].[B].[C-]#[N+]c1ccc(F)cc1C(F)(F)F.[H-].[H-].[Na+].[Na+]. The molecule has 4 N–H and O–H groups in total. The number of aliphatic hydroxyl groups is 2. The number of alkyl halides is 9. The number of aliphatic hydroxyl groups excluding tert-OH is 2. The van der Waals surface area contributed by atoms with Gasteiger partial charge in [-0.25, -0.2) is 9.24 Å². The Balaban J connectivity index is -0.000000618. The standard InChI is InChI=1S/C20H18F3NO3.C15H10F3NO2.C12H16O3.C12H14O3.C8H3F4N.C7H6O2.CH4O.2CH4.2B.2Na.2H/c21-20(22,23)18-11-16(8-7-15(18)12-24)26-13-14-4-3-5-17(10-14)27-19-6-1-2-9-25-19;16-15(17,18)14-7-13(5-4-11(14)8-19)21-9-10-2-1-3-12(20)6-10;2*13-9-10-4-3-5-11(8-10)15-12-6-1-2-7-14-12;1-13-7-3-2-5(9)4-6(7)8(10,11)12;8-5-6-2-1-3-7(9)4-6;1-2;;;;;;;;/h3-5,7-8,10-11,19H,1-2,6,9,13H2;1-7,20H,9H2;3-5,8,12-13H,1-2,6-7,9H2;3-5,8-9,12H,1-2,6-7H2;2-4H;1-5,9H;2H,1H3;2*1H4;;;;;;/q;;;;;;;;;;;2*+1;2*-1. The monoisotopic (exact) mass is 1530 g/mol. The van der Waals surface area contributed by atoms with Gasteiger partial charge in [0.05, 0.1) is 73.0 Å². The molecule has 6 radical (unpaired) electrons. The van der Waals surface area contributed by atoms with Crippen molar-refractivity contribution in [2.24, 2.45) is 0 Å². The fourth-order valence-electron chi connectivity index (χ4n) is 9.26. The molecule has 3 unspecified atom stereocenters. The maximum Gasteiger partial charge on any atom is 1.00 e. The topological polar surface area (TPSA) is 241 Å². The molecule has 8 aromatic carbocycles. The fraction of sp³-hybridized carbons (Fsp3) is 0.312. The molecule has 3 aliphatic heterocycles. The Morgan fingerprint density at radius 2 is 0.861 bits per heavy atom. The van der Waals surface area contributed by atoms with Crippen LogP contribution in [0.3, 0.4) is 0 Å². The smallest absolute Gasteiger partial charge is 1.00 e. The summed E-state index contributed by atoms with van der Waals surface area (Å²) in [5.74, 6) is 1.32. The quantitative estimate of drug-likeness (QED) is 0.0323. The molecule has 3 heterocycles. The van der Waals surface area contributed by atoms with Gasteiger partial charge >= 0.3 is 77.6 Å². The van der Waals surface area contributed by atoms with Gasteiger partial charge in [0.1, 0.15) is 71.8 Å². The second kappa shape index (κ2) is 53.3. The molecule has 3 atom stereocenters. The number of halogens is 10. The molecule has 11 rings (SSSR count). The summed E-state index contributed by atoms with van der Waals surface area (Å²) in [6.07, 6.45) is -3.65. The van der Waals surface area contributed by atoms with E-state index in [0.29, 0.717) is 47.1 Å². The third-order valence-corrected chi connectivity index (χ3v) is 14.1. The summed E-state index contributed by atoms with van der Waals surface area (Å²) in [4.78, 5) is 23.3. The van der Waals surface area contributed by atoms with Crippen molar-refractivity contribution in [1.82, 2.24) is 0 Å². The van der Waals surface area contributed by atoms with Crippen LogP contribution < -0.4 is 82.8 Å². The van der Waals surface area contributed by atoms with Gasteiger partial charge in [0.15, 0.2) is 24.6 Å². The first kappa shape index (κ1) is 101. The van der Waals surface area contributed by atoms with Gasteiger partial charge in [-0.15, -0.1) is 0 Å². The normalized spacial score (nSPS) is 14.4. The maximum absolute atomic E-state index is 13.0. The summed E-state index contributed by atoms with van der Waals surface area (Å²) in [5, 5.41) is 51.6. The summed E-state index contributed by atoms with van der Waals surface area (Å²) in [7, 11) is 1.00. The Morgan fingerprint density at radius 1 is 0.491 bits per heavy atom. The van der Waals surface area contributed by atoms with E-state index in [-0.39, 0.29) is 155 Å². The largest absolute Gasteiger partial charge is 1.00 e. The molecule has 0 aromatic heterocycles. The Kier molecular flexibility index (Phi) is 50.0.